The molecule has 134 valence electrons. The monoisotopic (exact) mass is 370 g/mol. The van der Waals surface area contributed by atoms with Crippen molar-refractivity contribution in [2.45, 2.75) is 38.3 Å². The van der Waals surface area contributed by atoms with E-state index in [1.165, 1.54) is 0 Å². The number of nitrogens with two attached hydrogens (primary N) is 1. The van der Waals surface area contributed by atoms with Gasteiger partial charge in [-0.2, -0.15) is 4.98 Å². The summed E-state index contributed by atoms with van der Waals surface area (Å²) in [7, 11) is 0. The number of aromatic nitrogens is 3. The molecule has 7 heteroatoms. The summed E-state index contributed by atoms with van der Waals surface area (Å²) in [6, 6.07) is 11.5. The van der Waals surface area contributed by atoms with Crippen molar-refractivity contribution in [2.24, 2.45) is 0 Å². The molecule has 0 aliphatic heterocycles. The molecule has 4 rings (SSSR count). The van der Waals surface area contributed by atoms with Crippen molar-refractivity contribution in [2.75, 3.05) is 5.73 Å². The van der Waals surface area contributed by atoms with Gasteiger partial charge >= 0.3 is 5.97 Å². The zero-order chi connectivity index (χ0) is 18.1. The molecule has 3 aromatic rings. The van der Waals surface area contributed by atoms with Gasteiger partial charge in [-0.25, -0.2) is 9.78 Å². The molecule has 0 unspecified atom stereocenters. The molecule has 1 fully saturated rings. The van der Waals surface area contributed by atoms with Gasteiger partial charge in [-0.05, 0) is 24.5 Å². The Balaban J connectivity index is 1.72. The van der Waals surface area contributed by atoms with E-state index in [2.05, 4.69) is 9.97 Å². The summed E-state index contributed by atoms with van der Waals surface area (Å²) < 4.78 is 7.46. The van der Waals surface area contributed by atoms with E-state index in [-0.39, 0.29) is 23.8 Å². The number of halogens is 1. The number of nitrogens with zero attached hydrogens (tertiary/aromatic N) is 3. The van der Waals surface area contributed by atoms with Gasteiger partial charge in [0.15, 0.2) is 0 Å². The lowest BCUT2D eigenvalue weighted by Gasteiger charge is -2.16. The molecule has 0 bridgehead atoms. The molecule has 2 heterocycles. The van der Waals surface area contributed by atoms with E-state index in [0.717, 1.165) is 31.2 Å². The van der Waals surface area contributed by atoms with Crippen molar-refractivity contribution in [1.82, 2.24) is 14.5 Å². The van der Waals surface area contributed by atoms with Crippen LogP contribution in [0.2, 0.25) is 5.15 Å². The van der Waals surface area contributed by atoms with E-state index in [9.17, 15) is 4.79 Å². The van der Waals surface area contributed by atoms with Gasteiger partial charge in [0.1, 0.15) is 23.1 Å². The van der Waals surface area contributed by atoms with Gasteiger partial charge in [0, 0.05) is 6.04 Å². The highest BCUT2D eigenvalue weighted by atomic mass is 35.5. The second kappa shape index (κ2) is 6.96. The van der Waals surface area contributed by atoms with Crippen LogP contribution in [0, 0.1) is 0 Å². The van der Waals surface area contributed by atoms with Gasteiger partial charge < -0.3 is 15.0 Å². The Morgan fingerprint density at radius 2 is 1.96 bits per heavy atom. The van der Waals surface area contributed by atoms with Crippen molar-refractivity contribution in [3.8, 4) is 0 Å². The number of nitrogen functional groups attached to an aromatic ring is 1. The SMILES string of the molecule is Nc1nc(Cl)c2cc(C(=O)OCc3ccccc3)n(C3CCCC3)c2n1. The highest BCUT2D eigenvalue weighted by molar-refractivity contribution is 6.34. The van der Waals surface area contributed by atoms with Gasteiger partial charge in [-0.1, -0.05) is 54.8 Å². The van der Waals surface area contributed by atoms with Crippen LogP contribution in [0.3, 0.4) is 0 Å². The molecular formula is C19H19ClN4O2. The molecule has 0 radical (unpaired) electrons. The maximum atomic E-state index is 12.8. The minimum atomic E-state index is -0.395. The highest BCUT2D eigenvalue weighted by Gasteiger charge is 2.27. The first-order valence-electron chi connectivity index (χ1n) is 8.68. The Bertz CT molecular complexity index is 949. The summed E-state index contributed by atoms with van der Waals surface area (Å²) in [6.45, 7) is 0.216. The van der Waals surface area contributed by atoms with Gasteiger partial charge in [0.2, 0.25) is 5.95 Å². The largest absolute Gasteiger partial charge is 0.456 e. The van der Waals surface area contributed by atoms with Crippen LogP contribution < -0.4 is 5.73 Å². The number of hydrogen-bond acceptors (Lipinski definition) is 5. The molecule has 1 aliphatic rings. The van der Waals surface area contributed by atoms with Gasteiger partial charge in [0.05, 0.1) is 5.39 Å². The lowest BCUT2D eigenvalue weighted by atomic mass is 10.2. The second-order valence-electron chi connectivity index (χ2n) is 6.51. The average molecular weight is 371 g/mol. The smallest absolute Gasteiger partial charge is 0.355 e. The van der Waals surface area contributed by atoms with E-state index in [0.29, 0.717) is 16.7 Å². The lowest BCUT2D eigenvalue weighted by Crippen LogP contribution is -2.16. The third kappa shape index (κ3) is 3.12. The topological polar surface area (TPSA) is 83.0 Å². The standard InChI is InChI=1S/C19H19ClN4O2/c20-16-14-10-15(18(25)26-11-12-6-2-1-3-7-12)24(13-8-4-5-9-13)17(14)23-19(21)22-16/h1-3,6-7,10,13H,4-5,8-9,11H2,(H2,21,22,23). The van der Waals surface area contributed by atoms with Crippen LogP contribution in [-0.4, -0.2) is 20.5 Å². The molecule has 1 aliphatic carbocycles. The predicted octanol–water partition coefficient (Wildman–Crippen LogP) is 4.14. The molecule has 0 spiro atoms. The number of anilines is 1. The van der Waals surface area contributed by atoms with Crippen molar-refractivity contribution in [3.63, 3.8) is 0 Å². The van der Waals surface area contributed by atoms with Crippen LogP contribution in [0.1, 0.15) is 47.8 Å². The average Bonchev–Trinajstić information content (AvgIpc) is 3.28. The fourth-order valence-corrected chi connectivity index (χ4v) is 3.79. The zero-order valence-electron chi connectivity index (χ0n) is 14.2. The molecule has 2 aromatic heterocycles. The molecule has 1 aromatic carbocycles. The molecule has 0 saturated heterocycles. The second-order valence-corrected chi connectivity index (χ2v) is 6.87. The molecule has 0 atom stereocenters. The maximum Gasteiger partial charge on any atom is 0.355 e. The number of esters is 1. The fourth-order valence-electron chi connectivity index (χ4n) is 3.56. The molecule has 6 nitrogen and oxygen atoms in total. The predicted molar refractivity (Wildman–Crippen MR) is 100 cm³/mol. The van der Waals surface area contributed by atoms with E-state index in [1.54, 1.807) is 6.07 Å². The van der Waals surface area contributed by atoms with Crippen LogP contribution >= 0.6 is 11.6 Å². The molecule has 0 amide bonds. The van der Waals surface area contributed by atoms with Gasteiger partial charge in [0.25, 0.3) is 0 Å². The van der Waals surface area contributed by atoms with Crippen LogP contribution in [0.25, 0.3) is 11.0 Å². The molecular weight excluding hydrogens is 352 g/mol. The van der Waals surface area contributed by atoms with Crippen molar-refractivity contribution in [1.29, 1.82) is 0 Å². The summed E-state index contributed by atoms with van der Waals surface area (Å²) in [5.74, 6) is -0.294. The number of ether oxygens (including phenoxy) is 1. The number of fused-ring (bicyclic) bond motifs is 1. The number of carbonyl (C=O) groups excluding carboxylic acids is 1. The first-order valence-corrected chi connectivity index (χ1v) is 9.06. The number of hydrogen-bond donors (Lipinski definition) is 1. The van der Waals surface area contributed by atoms with Crippen molar-refractivity contribution < 1.29 is 9.53 Å². The van der Waals surface area contributed by atoms with Crippen LogP contribution in [0.4, 0.5) is 5.95 Å². The molecule has 1 saturated carbocycles. The van der Waals surface area contributed by atoms with Crippen molar-refractivity contribution >= 4 is 34.6 Å². The Labute approximate surface area is 155 Å². The van der Waals surface area contributed by atoms with E-state index in [1.807, 2.05) is 34.9 Å². The fraction of sp³-hybridized carbons (Fsp3) is 0.316. The van der Waals surface area contributed by atoms with E-state index < -0.39 is 5.97 Å². The molecule has 2 N–H and O–H groups in total. The Kier molecular flexibility index (Phi) is 4.51. The first-order chi connectivity index (χ1) is 12.6. The van der Waals surface area contributed by atoms with Crippen LogP contribution in [0.15, 0.2) is 36.4 Å². The highest BCUT2D eigenvalue weighted by Crippen LogP contribution is 2.36. The number of rotatable bonds is 4. The zero-order valence-corrected chi connectivity index (χ0v) is 14.9. The van der Waals surface area contributed by atoms with Gasteiger partial charge in [-0.15, -0.1) is 0 Å². The minimum Gasteiger partial charge on any atom is -0.456 e. The number of carbonyl (C=O) groups is 1. The van der Waals surface area contributed by atoms with Gasteiger partial charge in [-0.3, -0.25) is 0 Å². The van der Waals surface area contributed by atoms with E-state index in [4.69, 9.17) is 22.1 Å². The van der Waals surface area contributed by atoms with Crippen LogP contribution in [-0.2, 0) is 11.3 Å². The number of benzene rings is 1. The van der Waals surface area contributed by atoms with Crippen LogP contribution in [0.5, 0.6) is 0 Å². The Morgan fingerprint density at radius 1 is 1.23 bits per heavy atom. The Hall–Kier alpha value is -2.60. The lowest BCUT2D eigenvalue weighted by molar-refractivity contribution is 0.0458. The summed E-state index contributed by atoms with van der Waals surface area (Å²) in [5.41, 5.74) is 7.76. The quantitative estimate of drug-likeness (QED) is 0.551. The minimum absolute atomic E-state index is 0.101. The first kappa shape index (κ1) is 16.8. The summed E-state index contributed by atoms with van der Waals surface area (Å²) >= 11 is 6.24. The summed E-state index contributed by atoms with van der Waals surface area (Å²) in [4.78, 5) is 21.1. The molecule has 26 heavy (non-hydrogen) atoms. The summed E-state index contributed by atoms with van der Waals surface area (Å²) in [6.07, 6.45) is 4.23. The third-order valence-electron chi connectivity index (χ3n) is 4.78. The summed E-state index contributed by atoms with van der Waals surface area (Å²) in [5, 5.41) is 0.876. The Morgan fingerprint density at radius 3 is 2.69 bits per heavy atom. The third-order valence-corrected chi connectivity index (χ3v) is 5.06. The van der Waals surface area contributed by atoms with E-state index >= 15 is 0 Å². The maximum absolute atomic E-state index is 12.8. The van der Waals surface area contributed by atoms with Crippen molar-refractivity contribution in [3.05, 3.63) is 52.8 Å². The normalized spacial score (nSPS) is 14.8.